The largest absolute Gasteiger partial charge is 0.369 e. The van der Waals surface area contributed by atoms with Gasteiger partial charge in [-0.3, -0.25) is 14.6 Å². The topological polar surface area (TPSA) is 55.8 Å². The summed E-state index contributed by atoms with van der Waals surface area (Å²) in [5.74, 6) is 1.56. The van der Waals surface area contributed by atoms with Crippen LogP contribution >= 0.6 is 11.6 Å². The smallest absolute Gasteiger partial charge is 0.263 e. The van der Waals surface area contributed by atoms with Crippen LogP contribution in [0.15, 0.2) is 54.9 Å². The highest BCUT2D eigenvalue weighted by Gasteiger charge is 2.41. The molecule has 3 aromatic rings. The van der Waals surface area contributed by atoms with Crippen molar-refractivity contribution in [2.75, 3.05) is 47.5 Å². The van der Waals surface area contributed by atoms with E-state index in [1.54, 1.807) is 6.20 Å². The maximum Gasteiger partial charge on any atom is 0.263 e. The first-order valence-electron chi connectivity index (χ1n) is 11.8. The van der Waals surface area contributed by atoms with Crippen LogP contribution in [-0.2, 0) is 0 Å². The number of anilines is 4. The second kappa shape index (κ2) is 8.56. The average Bonchev–Trinajstić information content (AvgIpc) is 3.70. The summed E-state index contributed by atoms with van der Waals surface area (Å²) in [5, 5.41) is 0.750. The lowest BCUT2D eigenvalue weighted by molar-refractivity contribution is 0.0966. The molecule has 1 saturated heterocycles. The Bertz CT molecular complexity index is 1220. The third-order valence-electron chi connectivity index (χ3n) is 6.91. The molecule has 0 atom stereocenters. The molecule has 4 heterocycles. The minimum atomic E-state index is -0.0104. The minimum Gasteiger partial charge on any atom is -0.369 e. The summed E-state index contributed by atoms with van der Waals surface area (Å²) in [6, 6.07) is 14.1. The summed E-state index contributed by atoms with van der Waals surface area (Å²) < 4.78 is 0. The number of rotatable bonds is 4. The van der Waals surface area contributed by atoms with E-state index in [4.69, 9.17) is 16.6 Å². The highest BCUT2D eigenvalue weighted by atomic mass is 35.5. The van der Waals surface area contributed by atoms with Crippen LogP contribution in [0.2, 0.25) is 5.02 Å². The van der Waals surface area contributed by atoms with Crippen LogP contribution in [0.1, 0.15) is 28.8 Å². The summed E-state index contributed by atoms with van der Waals surface area (Å²) in [5.41, 5.74) is 3.78. The van der Waals surface area contributed by atoms with E-state index < -0.39 is 0 Å². The van der Waals surface area contributed by atoms with Crippen molar-refractivity contribution in [1.82, 2.24) is 14.9 Å². The Morgan fingerprint density at radius 2 is 1.68 bits per heavy atom. The minimum absolute atomic E-state index is 0.0104. The predicted molar refractivity (Wildman–Crippen MR) is 135 cm³/mol. The first-order chi connectivity index (χ1) is 16.6. The fourth-order valence-corrected chi connectivity index (χ4v) is 5.09. The zero-order chi connectivity index (χ0) is 23.2. The number of piperazine rings is 1. The van der Waals surface area contributed by atoms with Gasteiger partial charge in [0.1, 0.15) is 5.82 Å². The van der Waals surface area contributed by atoms with Crippen molar-refractivity contribution in [2.24, 2.45) is 0 Å². The van der Waals surface area contributed by atoms with E-state index in [0.717, 1.165) is 66.9 Å². The van der Waals surface area contributed by atoms with E-state index >= 15 is 0 Å². The number of amides is 1. The van der Waals surface area contributed by atoms with Crippen molar-refractivity contribution >= 4 is 40.5 Å². The highest BCUT2D eigenvalue weighted by Crippen LogP contribution is 2.45. The van der Waals surface area contributed by atoms with Gasteiger partial charge in [-0.2, -0.15) is 0 Å². The Morgan fingerprint density at radius 1 is 0.941 bits per heavy atom. The molecule has 1 saturated carbocycles. The number of nitrogens with zero attached hydrogens (tertiary/aromatic N) is 6. The summed E-state index contributed by atoms with van der Waals surface area (Å²) in [4.78, 5) is 32.1. The van der Waals surface area contributed by atoms with Crippen LogP contribution in [0.4, 0.5) is 23.0 Å². The molecule has 0 N–H and O–H groups in total. The zero-order valence-corrected chi connectivity index (χ0v) is 19.9. The molecule has 2 aromatic heterocycles. The van der Waals surface area contributed by atoms with Crippen molar-refractivity contribution in [1.29, 1.82) is 0 Å². The Balaban J connectivity index is 1.30. The second-order valence-corrected chi connectivity index (χ2v) is 9.67. The van der Waals surface area contributed by atoms with E-state index in [1.165, 1.54) is 5.69 Å². The number of hydrogen-bond acceptors (Lipinski definition) is 6. The highest BCUT2D eigenvalue weighted by molar-refractivity contribution is 6.30. The van der Waals surface area contributed by atoms with Crippen molar-refractivity contribution in [3.8, 4) is 0 Å². The SMILES string of the molecule is Cc1ccnc2c1N(CN1CCN(c3ccc(Cl)cc3)CC1)C(=O)c1cccnc1N2C1CC1. The fourth-order valence-electron chi connectivity index (χ4n) is 4.96. The van der Waals surface area contributed by atoms with Gasteiger partial charge in [0, 0.05) is 55.3 Å². The normalized spacial score (nSPS) is 18.5. The molecule has 1 aromatic carbocycles. The summed E-state index contributed by atoms with van der Waals surface area (Å²) in [6.45, 7) is 6.12. The van der Waals surface area contributed by atoms with E-state index in [1.807, 2.05) is 41.4 Å². The third-order valence-corrected chi connectivity index (χ3v) is 7.16. The van der Waals surface area contributed by atoms with Crippen molar-refractivity contribution < 1.29 is 4.79 Å². The lowest BCUT2D eigenvalue weighted by Crippen LogP contribution is -2.51. The number of carbonyl (C=O) groups is 1. The van der Waals surface area contributed by atoms with Gasteiger partial charge >= 0.3 is 0 Å². The van der Waals surface area contributed by atoms with E-state index in [0.29, 0.717) is 18.3 Å². The molecular weight excluding hydrogens is 448 g/mol. The molecule has 0 radical (unpaired) electrons. The predicted octanol–water partition coefficient (Wildman–Crippen LogP) is 4.48. The number of aromatic nitrogens is 2. The Labute approximate surface area is 204 Å². The van der Waals surface area contributed by atoms with Gasteiger partial charge in [-0.05, 0) is 67.8 Å². The van der Waals surface area contributed by atoms with Crippen molar-refractivity contribution in [2.45, 2.75) is 25.8 Å². The molecule has 1 aliphatic carbocycles. The molecule has 2 aliphatic heterocycles. The summed E-state index contributed by atoms with van der Waals surface area (Å²) >= 11 is 6.06. The van der Waals surface area contributed by atoms with Crippen LogP contribution in [0, 0.1) is 6.92 Å². The molecule has 0 unspecified atom stereocenters. The van der Waals surface area contributed by atoms with Crippen LogP contribution in [0.25, 0.3) is 0 Å². The van der Waals surface area contributed by atoms with E-state index in [-0.39, 0.29) is 5.91 Å². The number of carbonyl (C=O) groups excluding carboxylic acids is 1. The maximum absolute atomic E-state index is 13.9. The van der Waals surface area contributed by atoms with Crippen LogP contribution < -0.4 is 14.7 Å². The lowest BCUT2D eigenvalue weighted by atomic mass is 10.2. The third kappa shape index (κ3) is 3.79. The van der Waals surface area contributed by atoms with Crippen LogP contribution in [-0.4, -0.2) is 59.7 Å². The molecule has 34 heavy (non-hydrogen) atoms. The monoisotopic (exact) mass is 474 g/mol. The zero-order valence-electron chi connectivity index (χ0n) is 19.2. The average molecular weight is 475 g/mol. The van der Waals surface area contributed by atoms with Gasteiger partial charge in [0.25, 0.3) is 5.91 Å². The molecule has 2 fully saturated rings. The number of aryl methyl sites for hydroxylation is 1. The van der Waals surface area contributed by atoms with Gasteiger partial charge in [0.15, 0.2) is 5.82 Å². The molecular formula is C26H27ClN6O. The molecule has 0 spiro atoms. The number of pyridine rings is 2. The van der Waals surface area contributed by atoms with E-state index in [9.17, 15) is 4.79 Å². The van der Waals surface area contributed by atoms with E-state index in [2.05, 4.69) is 38.7 Å². The Hall–Kier alpha value is -3.16. The number of halogens is 1. The van der Waals surface area contributed by atoms with Crippen molar-refractivity contribution in [3.63, 3.8) is 0 Å². The van der Waals surface area contributed by atoms with Crippen molar-refractivity contribution in [3.05, 3.63) is 71.0 Å². The molecule has 1 amide bonds. The van der Waals surface area contributed by atoms with Crippen LogP contribution in [0.3, 0.4) is 0 Å². The van der Waals surface area contributed by atoms with Gasteiger partial charge in [-0.1, -0.05) is 11.6 Å². The standard InChI is InChI=1S/C26H27ClN6O/c1-18-10-12-29-25-23(18)32(26(34)22-3-2-11-28-24(22)33(25)21-8-9-21)17-30-13-15-31(16-14-30)20-6-4-19(27)5-7-20/h2-7,10-12,21H,8-9,13-17H2,1H3. The Kier molecular flexibility index (Phi) is 5.38. The van der Waals surface area contributed by atoms with Gasteiger partial charge in [-0.15, -0.1) is 0 Å². The first kappa shape index (κ1) is 21.4. The molecule has 3 aliphatic rings. The van der Waals surface area contributed by atoms with Gasteiger partial charge < -0.3 is 9.80 Å². The number of fused-ring (bicyclic) bond motifs is 2. The molecule has 174 valence electrons. The summed E-state index contributed by atoms with van der Waals surface area (Å²) in [6.07, 6.45) is 5.78. The quantitative estimate of drug-likeness (QED) is 0.555. The number of benzene rings is 1. The number of hydrogen-bond donors (Lipinski definition) is 0. The molecule has 0 bridgehead atoms. The molecule has 7 nitrogen and oxygen atoms in total. The molecule has 8 heteroatoms. The second-order valence-electron chi connectivity index (χ2n) is 9.23. The van der Waals surface area contributed by atoms with Gasteiger partial charge in [0.05, 0.1) is 17.9 Å². The lowest BCUT2D eigenvalue weighted by Gasteiger charge is -2.38. The van der Waals surface area contributed by atoms with Gasteiger partial charge in [0.2, 0.25) is 0 Å². The molecule has 6 rings (SSSR count). The summed E-state index contributed by atoms with van der Waals surface area (Å²) in [7, 11) is 0. The fraction of sp³-hybridized carbons (Fsp3) is 0.346. The van der Waals surface area contributed by atoms with Crippen LogP contribution in [0.5, 0.6) is 0 Å². The van der Waals surface area contributed by atoms with Gasteiger partial charge in [-0.25, -0.2) is 9.97 Å². The first-order valence-corrected chi connectivity index (χ1v) is 12.2. The Morgan fingerprint density at radius 3 is 2.41 bits per heavy atom. The maximum atomic E-state index is 13.9.